The van der Waals surface area contributed by atoms with Crippen molar-refractivity contribution in [2.75, 3.05) is 0 Å². The second kappa shape index (κ2) is 5.75. The van der Waals surface area contributed by atoms with Gasteiger partial charge in [0.25, 0.3) is 7.71 Å². The molecule has 0 spiro atoms. The smallest absolute Gasteiger partial charge is 0.0961 e. The second-order valence-corrected chi connectivity index (χ2v) is 6.08. The second-order valence-electron chi connectivity index (χ2n) is 4.19. The quantitative estimate of drug-likeness (QED) is 0.727. The zero-order chi connectivity index (χ0) is 12.1. The first-order valence-corrected chi connectivity index (χ1v) is 7.18. The molecule has 2 rings (SSSR count). The van der Waals surface area contributed by atoms with E-state index in [2.05, 4.69) is 74.5 Å². The summed E-state index contributed by atoms with van der Waals surface area (Å²) < 4.78 is 4.88. The monoisotopic (exact) mass is 242 g/mol. The Morgan fingerprint density at radius 1 is 0.765 bits per heavy atom. The third-order valence-electron chi connectivity index (χ3n) is 2.35. The molecule has 0 aromatic heterocycles. The van der Waals surface area contributed by atoms with E-state index in [0.29, 0.717) is 6.04 Å². The molecule has 0 atom stereocenters. The minimum atomic E-state index is -0.565. The molecular weight excluding hydrogens is 225 g/mol. The van der Waals surface area contributed by atoms with Gasteiger partial charge in [-0.2, -0.15) is 0 Å². The van der Waals surface area contributed by atoms with Gasteiger partial charge in [0, 0.05) is 0 Å². The van der Waals surface area contributed by atoms with Crippen LogP contribution in [0.15, 0.2) is 65.4 Å². The predicted octanol–water partition coefficient (Wildman–Crippen LogP) is 3.71. The number of hydrogen-bond donors (Lipinski definition) is 0. The van der Waals surface area contributed by atoms with Crippen LogP contribution in [0, 0.1) is 0 Å². The van der Waals surface area contributed by atoms with Crippen molar-refractivity contribution in [3.63, 3.8) is 0 Å². The Bertz CT molecular complexity index is 447. The van der Waals surface area contributed by atoms with E-state index in [1.54, 1.807) is 0 Å². The summed E-state index contributed by atoms with van der Waals surface area (Å²) in [5.41, 5.74) is 0. The summed E-state index contributed by atoms with van der Waals surface area (Å²) in [6.45, 7) is 4.28. The van der Waals surface area contributed by atoms with E-state index in [1.807, 2.05) is 0 Å². The van der Waals surface area contributed by atoms with Crippen LogP contribution in [0.4, 0.5) is 0 Å². The number of nitrogens with zero attached hydrogens (tertiary/aromatic N) is 1. The van der Waals surface area contributed by atoms with Crippen molar-refractivity contribution in [3.05, 3.63) is 60.7 Å². The van der Waals surface area contributed by atoms with Gasteiger partial charge >= 0.3 is 0 Å². The molecule has 0 aliphatic rings. The van der Waals surface area contributed by atoms with Crippen molar-refractivity contribution in [2.45, 2.75) is 19.9 Å². The lowest BCUT2D eigenvalue weighted by Gasteiger charge is -1.96. The normalized spacial score (nSPS) is 10.3. The van der Waals surface area contributed by atoms with Gasteiger partial charge in [-0.1, -0.05) is 41.1 Å². The van der Waals surface area contributed by atoms with Crippen molar-refractivity contribution in [1.82, 2.24) is 0 Å². The lowest BCUT2D eigenvalue weighted by Crippen LogP contribution is -2.07. The largest absolute Gasteiger partial charge is 0.276 e. The topological polar surface area (TPSA) is 12.4 Å². The van der Waals surface area contributed by atoms with E-state index < -0.39 is 7.71 Å². The summed E-state index contributed by atoms with van der Waals surface area (Å²) >= 11 is 0. The predicted molar refractivity (Wildman–Crippen MR) is 76.6 cm³/mol. The Morgan fingerprint density at radius 2 is 1.18 bits per heavy atom. The molecule has 0 amide bonds. The van der Waals surface area contributed by atoms with Crippen LogP contribution >= 0.6 is 7.71 Å². The molecule has 0 fully saturated rings. The van der Waals surface area contributed by atoms with E-state index in [0.717, 1.165) is 0 Å². The fourth-order valence-electron chi connectivity index (χ4n) is 1.65. The van der Waals surface area contributed by atoms with Crippen LogP contribution in [0.2, 0.25) is 0 Å². The molecule has 17 heavy (non-hydrogen) atoms. The van der Waals surface area contributed by atoms with Gasteiger partial charge in [-0.3, -0.25) is 0 Å². The minimum absolute atomic E-state index is 0.363. The van der Waals surface area contributed by atoms with Crippen LogP contribution < -0.4 is 10.6 Å². The minimum Gasteiger partial charge on any atom is -0.0961 e. The molecule has 0 aliphatic carbocycles. The van der Waals surface area contributed by atoms with Gasteiger partial charge in [0.1, 0.15) is 0 Å². The summed E-state index contributed by atoms with van der Waals surface area (Å²) in [5.74, 6) is 0. The molecule has 1 nitrogen and oxygen atoms in total. The maximum Gasteiger partial charge on any atom is 0.276 e. The van der Waals surface area contributed by atoms with E-state index in [9.17, 15) is 0 Å². The maximum absolute atomic E-state index is 4.88. The molecule has 0 heterocycles. The average molecular weight is 242 g/mol. The Labute approximate surface area is 104 Å². The average Bonchev–Trinajstić information content (AvgIpc) is 2.38. The molecule has 0 radical (unpaired) electrons. The number of hydrogen-bond acceptors (Lipinski definition) is 1. The Kier molecular flexibility index (Phi) is 4.06. The highest BCUT2D eigenvalue weighted by Gasteiger charge is 2.20. The lowest BCUT2D eigenvalue weighted by molar-refractivity contribution is 0.850. The highest BCUT2D eigenvalue weighted by molar-refractivity contribution is 7.63. The third-order valence-corrected chi connectivity index (χ3v) is 4.62. The molecule has 0 bridgehead atoms. The fraction of sp³-hybridized carbons (Fsp3) is 0.200. The first-order valence-electron chi connectivity index (χ1n) is 5.88. The van der Waals surface area contributed by atoms with Gasteiger partial charge in [-0.25, -0.2) is 0 Å². The number of benzene rings is 2. The maximum atomic E-state index is 4.88. The van der Waals surface area contributed by atoms with Crippen LogP contribution in [-0.4, -0.2) is 6.04 Å². The summed E-state index contributed by atoms with van der Waals surface area (Å²) in [4.78, 5) is 0. The van der Waals surface area contributed by atoms with Crippen LogP contribution in [0.25, 0.3) is 0 Å². The molecule has 2 aromatic carbocycles. The first-order chi connectivity index (χ1) is 8.27. The van der Waals surface area contributed by atoms with Crippen molar-refractivity contribution >= 4 is 18.3 Å². The van der Waals surface area contributed by atoms with Crippen molar-refractivity contribution < 1.29 is 0 Å². The van der Waals surface area contributed by atoms with Gasteiger partial charge in [0.2, 0.25) is 0 Å². The van der Waals surface area contributed by atoms with E-state index >= 15 is 0 Å². The Balaban J connectivity index is 2.47. The molecule has 2 aromatic rings. The molecule has 0 saturated carbocycles. The first kappa shape index (κ1) is 12.0. The van der Waals surface area contributed by atoms with E-state index in [4.69, 9.17) is 4.74 Å². The summed E-state index contributed by atoms with van der Waals surface area (Å²) in [5, 5.41) is 2.64. The standard InChI is InChI=1S/C15H17NP/c1-13(2)16-17(14-9-5-3-6-10-14)15-11-7-4-8-12-15/h3-13H,1-2H3/q+1. The van der Waals surface area contributed by atoms with E-state index in [1.165, 1.54) is 10.6 Å². The molecule has 0 saturated heterocycles. The van der Waals surface area contributed by atoms with E-state index in [-0.39, 0.29) is 0 Å². The number of rotatable bonds is 3. The lowest BCUT2D eigenvalue weighted by atomic mass is 10.4. The van der Waals surface area contributed by atoms with Crippen molar-refractivity contribution in [1.29, 1.82) is 0 Å². The zero-order valence-electron chi connectivity index (χ0n) is 10.2. The van der Waals surface area contributed by atoms with Crippen LogP contribution in [0.5, 0.6) is 0 Å². The summed E-state index contributed by atoms with van der Waals surface area (Å²) in [7, 11) is -0.565. The van der Waals surface area contributed by atoms with Crippen LogP contribution in [0.3, 0.4) is 0 Å². The molecule has 0 unspecified atom stereocenters. The van der Waals surface area contributed by atoms with Gasteiger partial charge in [-0.05, 0) is 38.1 Å². The van der Waals surface area contributed by atoms with Crippen LogP contribution in [0.1, 0.15) is 13.8 Å². The highest BCUT2D eigenvalue weighted by Crippen LogP contribution is 2.25. The molecule has 0 aliphatic heterocycles. The SMILES string of the molecule is CC(C)N=[P+](c1ccccc1)c1ccccc1. The van der Waals surface area contributed by atoms with Crippen molar-refractivity contribution in [2.24, 2.45) is 4.74 Å². The Morgan fingerprint density at radius 3 is 1.53 bits per heavy atom. The van der Waals surface area contributed by atoms with Gasteiger partial charge in [0.15, 0.2) is 10.6 Å². The third kappa shape index (κ3) is 3.25. The molecule has 0 N–H and O–H groups in total. The fourth-order valence-corrected chi connectivity index (χ4v) is 3.59. The molecule has 2 heteroatoms. The zero-order valence-corrected chi connectivity index (χ0v) is 11.1. The van der Waals surface area contributed by atoms with Crippen LogP contribution in [-0.2, 0) is 0 Å². The summed E-state index contributed by atoms with van der Waals surface area (Å²) in [6, 6.07) is 21.5. The van der Waals surface area contributed by atoms with Gasteiger partial charge in [0.05, 0.1) is 6.04 Å². The molecule has 86 valence electrons. The van der Waals surface area contributed by atoms with Gasteiger partial charge < -0.3 is 0 Å². The van der Waals surface area contributed by atoms with Gasteiger partial charge in [-0.15, -0.1) is 0 Å². The summed E-state index contributed by atoms with van der Waals surface area (Å²) in [6.07, 6.45) is 0. The highest BCUT2D eigenvalue weighted by atomic mass is 31.1. The molecular formula is C15H17NP+. The van der Waals surface area contributed by atoms with Crippen molar-refractivity contribution in [3.8, 4) is 0 Å². The Hall–Kier alpha value is -1.46.